The van der Waals surface area contributed by atoms with E-state index in [1.54, 1.807) is 29.2 Å². The Bertz CT molecular complexity index is 1170. The molecule has 5 nitrogen and oxygen atoms in total. The summed E-state index contributed by atoms with van der Waals surface area (Å²) in [7, 11) is -3.67. The van der Waals surface area contributed by atoms with Gasteiger partial charge in [0.25, 0.3) is 15.9 Å². The Kier molecular flexibility index (Phi) is 5.25. The van der Waals surface area contributed by atoms with Gasteiger partial charge in [0, 0.05) is 12.2 Å². The average Bonchev–Trinajstić information content (AvgIpc) is 3.37. The molecule has 0 aliphatic carbocycles. The van der Waals surface area contributed by atoms with Crippen LogP contribution in [0.15, 0.2) is 65.4 Å². The van der Waals surface area contributed by atoms with Crippen LogP contribution in [0.2, 0.25) is 0 Å². The van der Waals surface area contributed by atoms with E-state index in [4.69, 9.17) is 0 Å². The second-order valence-electron chi connectivity index (χ2n) is 6.89. The Morgan fingerprint density at radius 2 is 1.93 bits per heavy atom. The zero-order chi connectivity index (χ0) is 20.4. The number of thiophene rings is 1. The Hall–Kier alpha value is -2.90. The van der Waals surface area contributed by atoms with Crippen molar-refractivity contribution in [2.24, 2.45) is 0 Å². The molecule has 1 aliphatic heterocycles. The maximum atomic E-state index is 12.7. The number of hydrogen-bond donors (Lipinski definition) is 1. The highest BCUT2D eigenvalue weighted by molar-refractivity contribution is 7.95. The number of sulfonamides is 1. The number of aryl methyl sites for hydroxylation is 1. The molecule has 0 saturated carbocycles. The molecule has 7 heteroatoms. The Morgan fingerprint density at radius 3 is 2.66 bits per heavy atom. The zero-order valence-corrected chi connectivity index (χ0v) is 17.5. The van der Waals surface area contributed by atoms with Crippen LogP contribution in [0.25, 0.3) is 6.08 Å². The summed E-state index contributed by atoms with van der Waals surface area (Å²) in [5, 5.41) is 3.02. The Labute approximate surface area is 174 Å². The highest BCUT2D eigenvalue weighted by atomic mass is 32.2. The van der Waals surface area contributed by atoms with Crippen LogP contribution in [-0.4, -0.2) is 20.9 Å². The van der Waals surface area contributed by atoms with Crippen LogP contribution in [0.3, 0.4) is 0 Å². The van der Waals surface area contributed by atoms with Gasteiger partial charge in [0.2, 0.25) is 0 Å². The quantitative estimate of drug-likeness (QED) is 0.647. The molecule has 3 aromatic rings. The lowest BCUT2D eigenvalue weighted by molar-refractivity contribution is 0.0993. The summed E-state index contributed by atoms with van der Waals surface area (Å²) >= 11 is 1.40. The van der Waals surface area contributed by atoms with E-state index in [1.165, 1.54) is 11.3 Å². The molecule has 0 radical (unpaired) electrons. The van der Waals surface area contributed by atoms with Crippen molar-refractivity contribution in [1.82, 2.24) is 0 Å². The molecule has 0 spiro atoms. The fourth-order valence-electron chi connectivity index (χ4n) is 3.23. The SMILES string of the molecule is Cc1ccc(/C=C/S(=O)(=O)Nc2ccc3c(c2)N(C(=O)c2cccs2)CC3)cc1. The summed E-state index contributed by atoms with van der Waals surface area (Å²) in [5.41, 5.74) is 4.15. The number of carbonyl (C=O) groups is 1. The van der Waals surface area contributed by atoms with Crippen LogP contribution in [0.4, 0.5) is 11.4 Å². The molecule has 2 aromatic carbocycles. The highest BCUT2D eigenvalue weighted by Gasteiger charge is 2.26. The summed E-state index contributed by atoms with van der Waals surface area (Å²) in [5.74, 6) is -0.0574. The molecular weight excluding hydrogens is 404 g/mol. The lowest BCUT2D eigenvalue weighted by Crippen LogP contribution is -2.28. The number of rotatable bonds is 5. The molecule has 1 amide bonds. The summed E-state index contributed by atoms with van der Waals surface area (Å²) < 4.78 is 27.5. The molecule has 148 valence electrons. The summed E-state index contributed by atoms with van der Waals surface area (Å²) in [4.78, 5) is 15.1. The van der Waals surface area contributed by atoms with Gasteiger partial charge in [-0.3, -0.25) is 9.52 Å². The van der Waals surface area contributed by atoms with E-state index < -0.39 is 10.0 Å². The van der Waals surface area contributed by atoms with Gasteiger partial charge in [0.05, 0.1) is 16.0 Å². The van der Waals surface area contributed by atoms with Crippen molar-refractivity contribution in [2.45, 2.75) is 13.3 Å². The average molecular weight is 425 g/mol. The van der Waals surface area contributed by atoms with E-state index in [-0.39, 0.29) is 5.91 Å². The van der Waals surface area contributed by atoms with Crippen molar-refractivity contribution in [1.29, 1.82) is 0 Å². The number of fused-ring (bicyclic) bond motifs is 1. The largest absolute Gasteiger partial charge is 0.307 e. The standard InChI is InChI=1S/C22H20N2O3S2/c1-16-4-6-17(7-5-16)11-14-29(26,27)23-19-9-8-18-10-12-24(20(18)15-19)22(25)21-3-2-13-28-21/h2-9,11,13-15,23H,10,12H2,1H3/b14-11+. The molecule has 0 unspecified atom stereocenters. The maximum Gasteiger partial charge on any atom is 0.268 e. The Morgan fingerprint density at radius 1 is 1.14 bits per heavy atom. The second-order valence-corrected chi connectivity index (χ2v) is 9.40. The van der Waals surface area contributed by atoms with Crippen LogP contribution in [0.1, 0.15) is 26.4 Å². The van der Waals surface area contributed by atoms with Gasteiger partial charge in [-0.2, -0.15) is 0 Å². The molecule has 1 aromatic heterocycles. The van der Waals surface area contributed by atoms with Gasteiger partial charge in [0.15, 0.2) is 0 Å². The van der Waals surface area contributed by atoms with Crippen LogP contribution in [0, 0.1) is 6.92 Å². The van der Waals surface area contributed by atoms with Gasteiger partial charge in [0.1, 0.15) is 0 Å². The summed E-state index contributed by atoms with van der Waals surface area (Å²) in [6.45, 7) is 2.57. The molecule has 2 heterocycles. The van der Waals surface area contributed by atoms with E-state index in [0.29, 0.717) is 17.1 Å². The van der Waals surface area contributed by atoms with E-state index >= 15 is 0 Å². The third kappa shape index (κ3) is 4.41. The number of carbonyl (C=O) groups excluding carboxylic acids is 1. The van der Waals surface area contributed by atoms with E-state index in [1.807, 2.05) is 48.7 Å². The number of nitrogens with one attached hydrogen (secondary N) is 1. The molecule has 0 fully saturated rings. The van der Waals surface area contributed by atoms with Crippen molar-refractivity contribution in [3.05, 3.63) is 87.0 Å². The van der Waals surface area contributed by atoms with E-state index in [0.717, 1.165) is 34.2 Å². The molecule has 0 bridgehead atoms. The van der Waals surface area contributed by atoms with Gasteiger partial charge in [-0.15, -0.1) is 11.3 Å². The molecule has 1 N–H and O–H groups in total. The molecule has 1 aliphatic rings. The fourth-order valence-corrected chi connectivity index (χ4v) is 4.76. The van der Waals surface area contributed by atoms with Gasteiger partial charge in [-0.05, 0) is 54.1 Å². The minimum atomic E-state index is -3.67. The van der Waals surface area contributed by atoms with Crippen molar-refractivity contribution in [3.63, 3.8) is 0 Å². The third-order valence-electron chi connectivity index (χ3n) is 4.74. The molecular formula is C22H20N2O3S2. The molecule has 29 heavy (non-hydrogen) atoms. The zero-order valence-electron chi connectivity index (χ0n) is 15.8. The topological polar surface area (TPSA) is 66.5 Å². The predicted molar refractivity (Wildman–Crippen MR) is 119 cm³/mol. The normalized spacial score (nSPS) is 13.6. The molecule has 4 rings (SSSR count). The minimum absolute atomic E-state index is 0.0574. The van der Waals surface area contributed by atoms with Crippen molar-refractivity contribution in [3.8, 4) is 0 Å². The monoisotopic (exact) mass is 424 g/mol. The van der Waals surface area contributed by atoms with Crippen molar-refractivity contribution < 1.29 is 13.2 Å². The number of amides is 1. The number of nitrogens with zero attached hydrogens (tertiary/aromatic N) is 1. The maximum absolute atomic E-state index is 12.7. The van der Waals surface area contributed by atoms with Crippen molar-refractivity contribution >= 4 is 44.7 Å². The predicted octanol–water partition coefficient (Wildman–Crippen LogP) is 4.67. The minimum Gasteiger partial charge on any atom is -0.307 e. The van der Waals surface area contributed by atoms with Gasteiger partial charge < -0.3 is 4.90 Å². The smallest absolute Gasteiger partial charge is 0.268 e. The van der Waals surface area contributed by atoms with E-state index in [2.05, 4.69) is 4.72 Å². The van der Waals surface area contributed by atoms with Gasteiger partial charge in [-0.1, -0.05) is 42.0 Å². The fraction of sp³-hybridized carbons (Fsp3) is 0.136. The first kappa shape index (κ1) is 19.4. The first-order valence-corrected chi connectivity index (χ1v) is 11.6. The second kappa shape index (κ2) is 7.85. The molecule has 0 atom stereocenters. The van der Waals surface area contributed by atoms with Crippen LogP contribution in [0.5, 0.6) is 0 Å². The highest BCUT2D eigenvalue weighted by Crippen LogP contribution is 2.33. The third-order valence-corrected chi connectivity index (χ3v) is 6.61. The van der Waals surface area contributed by atoms with Crippen LogP contribution in [-0.2, 0) is 16.4 Å². The number of hydrogen-bond acceptors (Lipinski definition) is 4. The molecule has 0 saturated heterocycles. The van der Waals surface area contributed by atoms with Crippen LogP contribution < -0.4 is 9.62 Å². The lowest BCUT2D eigenvalue weighted by Gasteiger charge is -2.17. The van der Waals surface area contributed by atoms with Crippen LogP contribution >= 0.6 is 11.3 Å². The number of anilines is 2. The summed E-state index contributed by atoms with van der Waals surface area (Å²) in [6, 6.07) is 16.6. The van der Waals surface area contributed by atoms with Crippen molar-refractivity contribution in [2.75, 3.05) is 16.2 Å². The van der Waals surface area contributed by atoms with Gasteiger partial charge >= 0.3 is 0 Å². The lowest BCUT2D eigenvalue weighted by atomic mass is 10.1. The van der Waals surface area contributed by atoms with E-state index in [9.17, 15) is 13.2 Å². The first-order valence-electron chi connectivity index (χ1n) is 9.17. The van der Waals surface area contributed by atoms with Gasteiger partial charge in [-0.25, -0.2) is 8.42 Å². The summed E-state index contributed by atoms with van der Waals surface area (Å²) in [6.07, 6.45) is 2.31. The Balaban J connectivity index is 1.53. The first-order chi connectivity index (χ1) is 13.9. The number of benzene rings is 2.